The summed E-state index contributed by atoms with van der Waals surface area (Å²) in [7, 11) is 1.72. The summed E-state index contributed by atoms with van der Waals surface area (Å²) in [6, 6.07) is 0. The van der Waals surface area contributed by atoms with Crippen LogP contribution in [0.15, 0.2) is 0 Å². The van der Waals surface area contributed by atoms with E-state index in [1.165, 1.54) is 0 Å². The zero-order valence-corrected chi connectivity index (χ0v) is 7.91. The van der Waals surface area contributed by atoms with Gasteiger partial charge in [0.15, 0.2) is 0 Å². The van der Waals surface area contributed by atoms with Crippen LogP contribution in [0.4, 0.5) is 0 Å². The highest BCUT2D eigenvalue weighted by atomic mass is 16.6. The van der Waals surface area contributed by atoms with Crippen molar-refractivity contribution in [3.05, 3.63) is 0 Å². The second-order valence-electron chi connectivity index (χ2n) is 3.15. The molecule has 1 aliphatic rings. The van der Waals surface area contributed by atoms with Crippen molar-refractivity contribution in [1.82, 2.24) is 0 Å². The molecule has 72 valence electrons. The molecule has 0 aromatic rings. The van der Waals surface area contributed by atoms with E-state index in [2.05, 4.69) is 6.92 Å². The summed E-state index contributed by atoms with van der Waals surface area (Å²) in [4.78, 5) is 0. The van der Waals surface area contributed by atoms with E-state index in [-0.39, 0.29) is 0 Å². The molecular formula is C9H18O3. The van der Waals surface area contributed by atoms with Gasteiger partial charge in [-0.05, 0) is 19.8 Å². The average molecular weight is 174 g/mol. The zero-order chi connectivity index (χ0) is 8.81. The quantitative estimate of drug-likeness (QED) is 0.429. The molecule has 2 atom stereocenters. The Bertz CT molecular complexity index is 116. The van der Waals surface area contributed by atoms with Gasteiger partial charge in [0.25, 0.3) is 0 Å². The molecule has 0 spiro atoms. The molecule has 0 aromatic carbocycles. The lowest BCUT2D eigenvalue weighted by molar-refractivity contribution is 0.105. The molecular weight excluding hydrogens is 156 g/mol. The van der Waals surface area contributed by atoms with Gasteiger partial charge in [-0.15, -0.1) is 0 Å². The Morgan fingerprint density at radius 2 is 1.92 bits per heavy atom. The van der Waals surface area contributed by atoms with E-state index in [0.717, 1.165) is 32.7 Å². The normalized spacial score (nSPS) is 27.5. The highest BCUT2D eigenvalue weighted by Crippen LogP contribution is 2.20. The molecule has 1 saturated heterocycles. The van der Waals surface area contributed by atoms with Crippen LogP contribution in [0.5, 0.6) is 0 Å². The number of unbranched alkanes of at least 4 members (excludes halogenated alkanes) is 1. The van der Waals surface area contributed by atoms with Gasteiger partial charge in [0.1, 0.15) is 6.10 Å². The van der Waals surface area contributed by atoms with Crippen LogP contribution >= 0.6 is 0 Å². The SMILES string of the molecule is COCCCCOCC1OC1C. The number of rotatable bonds is 7. The first-order valence-corrected chi connectivity index (χ1v) is 4.56. The molecule has 2 unspecified atom stereocenters. The molecule has 1 fully saturated rings. The van der Waals surface area contributed by atoms with Crippen LogP contribution < -0.4 is 0 Å². The molecule has 0 aromatic heterocycles. The van der Waals surface area contributed by atoms with Gasteiger partial charge in [-0.2, -0.15) is 0 Å². The molecule has 0 saturated carbocycles. The van der Waals surface area contributed by atoms with Crippen LogP contribution in [0, 0.1) is 0 Å². The fraction of sp³-hybridized carbons (Fsp3) is 1.00. The Balaban J connectivity index is 1.72. The van der Waals surface area contributed by atoms with Crippen molar-refractivity contribution in [2.45, 2.75) is 32.0 Å². The van der Waals surface area contributed by atoms with Crippen molar-refractivity contribution in [1.29, 1.82) is 0 Å². The van der Waals surface area contributed by atoms with Crippen LogP contribution in [-0.4, -0.2) is 39.1 Å². The Hall–Kier alpha value is -0.120. The van der Waals surface area contributed by atoms with Crippen LogP contribution in [-0.2, 0) is 14.2 Å². The maximum atomic E-state index is 5.39. The molecule has 0 bridgehead atoms. The molecule has 0 N–H and O–H groups in total. The standard InChI is InChI=1S/C9H18O3/c1-8-9(12-8)7-11-6-4-3-5-10-2/h8-9H,3-7H2,1-2H3. The van der Waals surface area contributed by atoms with Gasteiger partial charge in [0, 0.05) is 20.3 Å². The van der Waals surface area contributed by atoms with Gasteiger partial charge >= 0.3 is 0 Å². The third-order valence-corrected chi connectivity index (χ3v) is 2.01. The highest BCUT2D eigenvalue weighted by Gasteiger charge is 2.33. The first-order chi connectivity index (χ1) is 5.84. The van der Waals surface area contributed by atoms with Gasteiger partial charge in [0.2, 0.25) is 0 Å². The summed E-state index contributed by atoms with van der Waals surface area (Å²) in [5, 5.41) is 0. The third-order valence-electron chi connectivity index (χ3n) is 2.01. The van der Waals surface area contributed by atoms with Crippen LogP contribution in [0.3, 0.4) is 0 Å². The van der Waals surface area contributed by atoms with E-state index in [0.29, 0.717) is 12.2 Å². The fourth-order valence-electron chi connectivity index (χ4n) is 1.06. The van der Waals surface area contributed by atoms with E-state index in [4.69, 9.17) is 14.2 Å². The topological polar surface area (TPSA) is 31.0 Å². The summed E-state index contributed by atoms with van der Waals surface area (Å²) in [5.41, 5.74) is 0. The molecule has 3 nitrogen and oxygen atoms in total. The smallest absolute Gasteiger partial charge is 0.107 e. The third kappa shape index (κ3) is 4.04. The minimum Gasteiger partial charge on any atom is -0.385 e. The largest absolute Gasteiger partial charge is 0.385 e. The second-order valence-corrected chi connectivity index (χ2v) is 3.15. The summed E-state index contributed by atoms with van der Waals surface area (Å²) in [5.74, 6) is 0. The van der Waals surface area contributed by atoms with Gasteiger partial charge in [-0.3, -0.25) is 0 Å². The minimum absolute atomic E-state index is 0.368. The first-order valence-electron chi connectivity index (χ1n) is 4.56. The van der Waals surface area contributed by atoms with Crippen molar-refractivity contribution < 1.29 is 14.2 Å². The monoisotopic (exact) mass is 174 g/mol. The molecule has 0 aliphatic carbocycles. The molecule has 12 heavy (non-hydrogen) atoms. The second kappa shape index (κ2) is 5.51. The maximum Gasteiger partial charge on any atom is 0.107 e. The molecule has 3 heteroatoms. The van der Waals surface area contributed by atoms with E-state index in [1.807, 2.05) is 0 Å². The zero-order valence-electron chi connectivity index (χ0n) is 7.91. The van der Waals surface area contributed by atoms with Crippen LogP contribution in [0.25, 0.3) is 0 Å². The van der Waals surface area contributed by atoms with Crippen molar-refractivity contribution >= 4 is 0 Å². The van der Waals surface area contributed by atoms with Gasteiger partial charge in [0.05, 0.1) is 12.7 Å². The number of epoxide rings is 1. The Kier molecular flexibility index (Phi) is 4.58. The first kappa shape index (κ1) is 9.96. The summed E-state index contributed by atoms with van der Waals surface area (Å²) >= 11 is 0. The molecule has 0 radical (unpaired) electrons. The summed E-state index contributed by atoms with van der Waals surface area (Å²) in [6.45, 7) is 4.49. The van der Waals surface area contributed by atoms with Crippen molar-refractivity contribution in [2.75, 3.05) is 26.9 Å². The van der Waals surface area contributed by atoms with Crippen molar-refractivity contribution in [2.24, 2.45) is 0 Å². The van der Waals surface area contributed by atoms with Gasteiger partial charge in [-0.1, -0.05) is 0 Å². The lowest BCUT2D eigenvalue weighted by atomic mass is 10.3. The fourth-order valence-corrected chi connectivity index (χ4v) is 1.06. The number of hydrogen-bond donors (Lipinski definition) is 0. The maximum absolute atomic E-state index is 5.39. The van der Waals surface area contributed by atoms with Crippen molar-refractivity contribution in [3.8, 4) is 0 Å². The summed E-state index contributed by atoms with van der Waals surface area (Å²) in [6.07, 6.45) is 2.95. The lowest BCUT2D eigenvalue weighted by Crippen LogP contribution is -2.05. The number of methoxy groups -OCH3 is 1. The molecule has 1 rings (SSSR count). The van der Waals surface area contributed by atoms with Crippen molar-refractivity contribution in [3.63, 3.8) is 0 Å². The number of hydrogen-bond acceptors (Lipinski definition) is 3. The minimum atomic E-state index is 0.368. The van der Waals surface area contributed by atoms with Gasteiger partial charge < -0.3 is 14.2 Å². The predicted molar refractivity (Wildman–Crippen MR) is 46.3 cm³/mol. The summed E-state index contributed by atoms with van der Waals surface area (Å²) < 4.78 is 15.5. The number of ether oxygens (including phenoxy) is 3. The van der Waals surface area contributed by atoms with E-state index in [9.17, 15) is 0 Å². The molecule has 1 aliphatic heterocycles. The van der Waals surface area contributed by atoms with Crippen LogP contribution in [0.1, 0.15) is 19.8 Å². The Morgan fingerprint density at radius 1 is 1.25 bits per heavy atom. The molecule has 0 amide bonds. The highest BCUT2D eigenvalue weighted by molar-refractivity contribution is 4.79. The van der Waals surface area contributed by atoms with Gasteiger partial charge in [-0.25, -0.2) is 0 Å². The Labute approximate surface area is 74.0 Å². The predicted octanol–water partition coefficient (Wildman–Crippen LogP) is 1.22. The van der Waals surface area contributed by atoms with E-state index >= 15 is 0 Å². The lowest BCUT2D eigenvalue weighted by Gasteiger charge is -2.01. The Morgan fingerprint density at radius 3 is 2.50 bits per heavy atom. The van der Waals surface area contributed by atoms with Crippen LogP contribution in [0.2, 0.25) is 0 Å². The van der Waals surface area contributed by atoms with E-state index < -0.39 is 0 Å². The van der Waals surface area contributed by atoms with E-state index in [1.54, 1.807) is 7.11 Å². The molecule has 1 heterocycles. The average Bonchev–Trinajstić information content (AvgIpc) is 2.74.